The van der Waals surface area contributed by atoms with Gasteiger partial charge in [-0.1, -0.05) is 12.1 Å². The summed E-state index contributed by atoms with van der Waals surface area (Å²) in [6, 6.07) is 1.68. The summed E-state index contributed by atoms with van der Waals surface area (Å²) in [7, 11) is 1.87. The first-order chi connectivity index (χ1) is 12.2. The number of likely N-dealkylation sites (tertiary alicyclic amines) is 1. The van der Waals surface area contributed by atoms with Gasteiger partial charge in [-0.05, 0) is 46.1 Å². The number of amides is 1. The highest BCUT2D eigenvalue weighted by Crippen LogP contribution is 2.23. The molecule has 0 saturated carbocycles. The van der Waals surface area contributed by atoms with Crippen LogP contribution < -0.4 is 5.32 Å². The molecule has 1 aliphatic rings. The topological polar surface area (TPSA) is 76.2 Å². The van der Waals surface area contributed by atoms with Crippen LogP contribution >= 0.6 is 0 Å². The maximum absolute atomic E-state index is 12.6. The maximum Gasteiger partial charge on any atom is 0.290 e. The van der Waals surface area contributed by atoms with E-state index in [1.165, 1.54) is 12.8 Å². The van der Waals surface area contributed by atoms with Gasteiger partial charge < -0.3 is 14.7 Å². The summed E-state index contributed by atoms with van der Waals surface area (Å²) in [5, 5.41) is 11.3. The fourth-order valence-corrected chi connectivity index (χ4v) is 3.66. The van der Waals surface area contributed by atoms with Crippen molar-refractivity contribution in [2.45, 2.75) is 46.1 Å². The van der Waals surface area contributed by atoms with Crippen molar-refractivity contribution in [3.63, 3.8) is 0 Å². The predicted octanol–water partition coefficient (Wildman–Crippen LogP) is 2.62. The van der Waals surface area contributed by atoms with Crippen molar-refractivity contribution in [2.75, 3.05) is 19.6 Å². The fourth-order valence-electron chi connectivity index (χ4n) is 3.66. The normalized spacial score (nSPS) is 18.9. The number of hydrogen-bond acceptors (Lipinski definition) is 5. The minimum atomic E-state index is -0.342. The second-order valence-electron chi connectivity index (χ2n) is 8.16. The molecule has 1 fully saturated rings. The monoisotopic (exact) mass is 359 g/mol. The Kier molecular flexibility index (Phi) is 5.18. The van der Waals surface area contributed by atoms with Gasteiger partial charge in [0.25, 0.3) is 5.91 Å². The summed E-state index contributed by atoms with van der Waals surface area (Å²) in [5.74, 6) is 0.707. The van der Waals surface area contributed by atoms with Crippen molar-refractivity contribution >= 4 is 5.91 Å². The number of nitrogens with one attached hydrogen (secondary N) is 1. The molecule has 0 spiro atoms. The lowest BCUT2D eigenvalue weighted by Crippen LogP contribution is -2.53. The predicted molar refractivity (Wildman–Crippen MR) is 99.8 cm³/mol. The molecule has 3 rings (SSSR count). The largest absolute Gasteiger partial charge is 0.350 e. The molecule has 7 nitrogen and oxygen atoms in total. The summed E-state index contributed by atoms with van der Waals surface area (Å²) in [5.41, 5.74) is 2.13. The molecule has 1 amide bonds. The number of rotatable bonds is 5. The van der Waals surface area contributed by atoms with Crippen LogP contribution in [0.25, 0.3) is 11.3 Å². The van der Waals surface area contributed by atoms with Crippen LogP contribution in [0.2, 0.25) is 0 Å². The van der Waals surface area contributed by atoms with Crippen LogP contribution in [0.3, 0.4) is 0 Å². The van der Waals surface area contributed by atoms with Gasteiger partial charge in [0.1, 0.15) is 5.69 Å². The number of aryl methyl sites for hydroxylation is 1. The maximum atomic E-state index is 12.6. The summed E-state index contributed by atoms with van der Waals surface area (Å²) in [6.07, 6.45) is 4.25. The van der Waals surface area contributed by atoms with Crippen molar-refractivity contribution in [3.05, 3.63) is 23.7 Å². The Balaban J connectivity index is 1.65. The van der Waals surface area contributed by atoms with Gasteiger partial charge in [0, 0.05) is 43.0 Å². The van der Waals surface area contributed by atoms with E-state index in [1.54, 1.807) is 16.9 Å². The number of carbonyl (C=O) groups is 1. The van der Waals surface area contributed by atoms with E-state index in [0.29, 0.717) is 5.69 Å². The Hall–Kier alpha value is -2.15. The molecular formula is C19H29N5O2. The number of aromatic nitrogens is 3. The summed E-state index contributed by atoms with van der Waals surface area (Å²) in [6.45, 7) is 11.3. The molecule has 0 aliphatic carbocycles. The lowest BCUT2D eigenvalue weighted by atomic mass is 9.97. The van der Waals surface area contributed by atoms with Crippen LogP contribution in [0, 0.1) is 12.8 Å². The van der Waals surface area contributed by atoms with Gasteiger partial charge in [0.2, 0.25) is 5.76 Å². The molecule has 0 aromatic carbocycles. The van der Waals surface area contributed by atoms with E-state index in [1.807, 2.05) is 27.8 Å². The van der Waals surface area contributed by atoms with Gasteiger partial charge in [-0.25, -0.2) is 0 Å². The third-order valence-electron chi connectivity index (χ3n) is 5.06. The molecule has 2 aromatic heterocycles. The molecule has 2 aromatic rings. The number of carbonyl (C=O) groups excluding carboxylic acids is 1. The van der Waals surface area contributed by atoms with Crippen LogP contribution in [0.15, 0.2) is 16.8 Å². The number of nitrogens with zero attached hydrogens (tertiary/aromatic N) is 4. The van der Waals surface area contributed by atoms with E-state index in [9.17, 15) is 4.79 Å². The zero-order valence-corrected chi connectivity index (χ0v) is 16.4. The quantitative estimate of drug-likeness (QED) is 0.888. The average molecular weight is 359 g/mol. The first kappa shape index (κ1) is 18.6. The highest BCUT2D eigenvalue weighted by Gasteiger charge is 2.28. The van der Waals surface area contributed by atoms with Gasteiger partial charge in [-0.15, -0.1) is 0 Å². The van der Waals surface area contributed by atoms with Gasteiger partial charge in [0.05, 0.1) is 6.20 Å². The van der Waals surface area contributed by atoms with Crippen molar-refractivity contribution in [2.24, 2.45) is 13.0 Å². The van der Waals surface area contributed by atoms with Crippen LogP contribution in [0.1, 0.15) is 49.9 Å². The van der Waals surface area contributed by atoms with E-state index in [-0.39, 0.29) is 17.2 Å². The molecule has 1 saturated heterocycles. The second kappa shape index (κ2) is 7.23. The lowest BCUT2D eigenvalue weighted by Gasteiger charge is -2.37. The van der Waals surface area contributed by atoms with Crippen LogP contribution in [0.4, 0.5) is 0 Å². The van der Waals surface area contributed by atoms with E-state index < -0.39 is 0 Å². The molecule has 1 aliphatic heterocycles. The lowest BCUT2D eigenvalue weighted by molar-refractivity contribution is 0.0827. The minimum absolute atomic E-state index is 0.225. The van der Waals surface area contributed by atoms with Gasteiger partial charge >= 0.3 is 0 Å². The van der Waals surface area contributed by atoms with Crippen LogP contribution in [-0.4, -0.2) is 50.9 Å². The Morgan fingerprint density at radius 2 is 2.23 bits per heavy atom. The number of piperidine rings is 1. The van der Waals surface area contributed by atoms with Crippen LogP contribution in [0.5, 0.6) is 0 Å². The minimum Gasteiger partial charge on any atom is -0.350 e. The van der Waals surface area contributed by atoms with E-state index >= 15 is 0 Å². The molecule has 1 atom stereocenters. The Bertz CT molecular complexity index is 777. The van der Waals surface area contributed by atoms with Crippen molar-refractivity contribution in [3.8, 4) is 11.3 Å². The van der Waals surface area contributed by atoms with E-state index in [4.69, 9.17) is 4.52 Å². The third-order valence-corrected chi connectivity index (χ3v) is 5.06. The van der Waals surface area contributed by atoms with Crippen LogP contribution in [-0.2, 0) is 7.05 Å². The van der Waals surface area contributed by atoms with E-state index in [2.05, 4.69) is 27.4 Å². The van der Waals surface area contributed by atoms with Gasteiger partial charge in [-0.3, -0.25) is 9.48 Å². The van der Waals surface area contributed by atoms with Gasteiger partial charge in [-0.2, -0.15) is 5.10 Å². The zero-order chi connectivity index (χ0) is 18.9. The standard InChI is InChI=1S/C19H29N5O2/c1-13-7-6-8-24(11-13)12-19(3,4)21-18(25)17-9-16(22-26-17)15-10-20-23(5)14(15)2/h9-10,13H,6-8,11-12H2,1-5H3,(H,21,25). The first-order valence-corrected chi connectivity index (χ1v) is 9.26. The smallest absolute Gasteiger partial charge is 0.290 e. The molecule has 1 N–H and O–H groups in total. The molecule has 1 unspecified atom stereocenters. The molecule has 142 valence electrons. The average Bonchev–Trinajstić information content (AvgIpc) is 3.14. The highest BCUT2D eigenvalue weighted by molar-refractivity contribution is 5.92. The summed E-state index contributed by atoms with van der Waals surface area (Å²) >= 11 is 0. The second-order valence-corrected chi connectivity index (χ2v) is 8.16. The Morgan fingerprint density at radius 1 is 1.46 bits per heavy atom. The summed E-state index contributed by atoms with van der Waals surface area (Å²) < 4.78 is 7.06. The molecule has 0 radical (unpaired) electrons. The Morgan fingerprint density at radius 3 is 2.88 bits per heavy atom. The molecule has 3 heterocycles. The first-order valence-electron chi connectivity index (χ1n) is 9.26. The van der Waals surface area contributed by atoms with Crippen molar-refractivity contribution in [1.82, 2.24) is 25.2 Å². The van der Waals surface area contributed by atoms with Gasteiger partial charge in [0.15, 0.2) is 0 Å². The molecular weight excluding hydrogens is 330 g/mol. The highest BCUT2D eigenvalue weighted by atomic mass is 16.5. The SMILES string of the molecule is Cc1c(-c2cc(C(=O)NC(C)(C)CN3CCCC(C)C3)on2)cnn1C. The zero-order valence-electron chi connectivity index (χ0n) is 16.4. The Labute approximate surface area is 154 Å². The summed E-state index contributed by atoms with van der Waals surface area (Å²) in [4.78, 5) is 15.0. The molecule has 7 heteroatoms. The molecule has 0 bridgehead atoms. The van der Waals surface area contributed by atoms with Crippen molar-refractivity contribution in [1.29, 1.82) is 0 Å². The van der Waals surface area contributed by atoms with Crippen molar-refractivity contribution < 1.29 is 9.32 Å². The third kappa shape index (κ3) is 4.15. The number of hydrogen-bond donors (Lipinski definition) is 1. The van der Waals surface area contributed by atoms with E-state index in [0.717, 1.165) is 36.8 Å². The molecule has 26 heavy (non-hydrogen) atoms. The fraction of sp³-hybridized carbons (Fsp3) is 0.632.